The molecule has 5 aliphatic rings. The Kier molecular flexibility index (Phi) is 6.73. The van der Waals surface area contributed by atoms with Gasteiger partial charge in [-0.2, -0.15) is 0 Å². The average molecular weight is 535 g/mol. The summed E-state index contributed by atoms with van der Waals surface area (Å²) < 4.78 is 6.39. The Morgan fingerprint density at radius 3 is 1.58 bits per heavy atom. The summed E-state index contributed by atoms with van der Waals surface area (Å²) in [5.41, 5.74) is 8.15. The van der Waals surface area contributed by atoms with Crippen LogP contribution in [0, 0.1) is 23.7 Å². The van der Waals surface area contributed by atoms with Gasteiger partial charge in [-0.25, -0.2) is 0 Å². The molecule has 0 heterocycles. The van der Waals surface area contributed by atoms with Crippen LogP contribution in [0.3, 0.4) is 0 Å². The van der Waals surface area contributed by atoms with Crippen molar-refractivity contribution in [1.82, 2.24) is 3.80 Å². The first-order valence-corrected chi connectivity index (χ1v) is 25.3. The molecule has 4 fully saturated rings. The van der Waals surface area contributed by atoms with Crippen LogP contribution in [-0.2, 0) is 15.9 Å². The van der Waals surface area contributed by atoms with Crippen molar-refractivity contribution in [3.63, 3.8) is 0 Å². The van der Waals surface area contributed by atoms with E-state index in [1.165, 1.54) is 11.1 Å². The Bertz CT molecular complexity index is 1000. The van der Waals surface area contributed by atoms with Gasteiger partial charge < -0.3 is 0 Å². The van der Waals surface area contributed by atoms with Gasteiger partial charge in [0.15, 0.2) is 0 Å². The maximum Gasteiger partial charge on any atom is -0.0184 e. The van der Waals surface area contributed by atoms with Gasteiger partial charge in [-0.1, -0.05) is 60.7 Å². The van der Waals surface area contributed by atoms with Crippen molar-refractivity contribution in [3.8, 4) is 11.1 Å². The molecule has 173 valence electrons. The van der Waals surface area contributed by atoms with Gasteiger partial charge in [-0.15, -0.1) is 0 Å². The van der Waals surface area contributed by atoms with Gasteiger partial charge in [0.25, 0.3) is 0 Å². The number of rotatable bonds is 5. The third kappa shape index (κ3) is 4.44. The molecule has 0 amide bonds. The Labute approximate surface area is 210 Å². The van der Waals surface area contributed by atoms with Crippen LogP contribution in [0.4, 0.5) is 0 Å². The second kappa shape index (κ2) is 9.30. The largest absolute Gasteiger partial charge is 0.0622 e. The third-order valence-corrected chi connectivity index (χ3v) is 28.3. The van der Waals surface area contributed by atoms with E-state index in [1.54, 1.807) is 36.0 Å². The van der Waals surface area contributed by atoms with E-state index in [0.717, 1.165) is 23.7 Å². The fraction of sp³-hybridized carbons (Fsp3) is 0.467. The maximum absolute atomic E-state index is 4.45. The molecule has 33 heavy (non-hydrogen) atoms. The van der Waals surface area contributed by atoms with E-state index >= 15 is 0 Å². The smallest absolute Gasteiger partial charge is 0.0184 e. The molecule has 1 nitrogen and oxygen atoms in total. The first kappa shape index (κ1) is 23.9. The van der Waals surface area contributed by atoms with Gasteiger partial charge >= 0.3 is 139 Å². The summed E-state index contributed by atoms with van der Waals surface area (Å²) in [4.78, 5) is 0. The number of benzene rings is 2. The zero-order valence-electron chi connectivity index (χ0n) is 21.3. The molecule has 1 N–H and O–H groups in total. The van der Waals surface area contributed by atoms with Crippen molar-refractivity contribution in [2.45, 2.75) is 64.0 Å². The Balaban J connectivity index is 0.000000162. The van der Waals surface area contributed by atoms with E-state index in [9.17, 15) is 0 Å². The predicted molar refractivity (Wildman–Crippen MR) is 141 cm³/mol. The van der Waals surface area contributed by atoms with E-state index in [0.29, 0.717) is 5.54 Å². The quantitative estimate of drug-likeness (QED) is 0.391. The van der Waals surface area contributed by atoms with Crippen LogP contribution in [0.25, 0.3) is 11.1 Å². The van der Waals surface area contributed by atoms with Crippen molar-refractivity contribution >= 4 is 11.5 Å². The van der Waals surface area contributed by atoms with Crippen molar-refractivity contribution in [2.75, 3.05) is 0 Å². The Morgan fingerprint density at radius 1 is 0.758 bits per heavy atom. The zero-order valence-corrected chi connectivity index (χ0v) is 25.3. The molecule has 0 spiro atoms. The molecular formula is C30H40GeNTi. The summed E-state index contributed by atoms with van der Waals surface area (Å²) in [6, 6.07) is 20.8. The van der Waals surface area contributed by atoms with Crippen LogP contribution in [0.15, 0.2) is 81.3 Å². The van der Waals surface area contributed by atoms with Crippen LogP contribution in [0.5, 0.6) is 0 Å². The molecule has 0 aromatic heterocycles. The van der Waals surface area contributed by atoms with E-state index in [4.69, 9.17) is 0 Å². The molecule has 4 saturated carbocycles. The van der Waals surface area contributed by atoms with Gasteiger partial charge in [0, 0.05) is 0 Å². The molecule has 1 unspecified atom stereocenters. The minimum Gasteiger partial charge on any atom is -0.0622 e. The molecule has 3 heteroatoms. The van der Waals surface area contributed by atoms with E-state index in [2.05, 4.69) is 91.5 Å². The van der Waals surface area contributed by atoms with E-state index < -0.39 is 27.4 Å². The molecule has 7 rings (SSSR count). The average Bonchev–Trinajstić information content (AvgIpc) is 3.24. The number of hydrogen-bond acceptors (Lipinski definition) is 1. The Hall–Kier alpha value is -0.863. The summed E-state index contributed by atoms with van der Waals surface area (Å²) in [6.07, 6.45) is 4.62. The number of allylic oxidation sites excluding steroid dienone is 4. The Morgan fingerprint density at radius 2 is 1.21 bits per heavy atom. The fourth-order valence-corrected chi connectivity index (χ4v) is 26.6. The van der Waals surface area contributed by atoms with E-state index in [1.807, 2.05) is 16.0 Å². The summed E-state index contributed by atoms with van der Waals surface area (Å²) in [7, 11) is 0. The molecule has 4 bridgehead atoms. The maximum atomic E-state index is 4.45. The summed E-state index contributed by atoms with van der Waals surface area (Å²) in [5.74, 6) is 9.52. The SMILES string of the molecule is CC1=C(C)C(C)[C]([Ti]([NH]C23CC4C(C2)C4C3)[GeH]([CH3])[CH3])=C1C.c1ccc(-c2ccccc2)cc1. The number of hydrogen-bond donors (Lipinski definition) is 1. The molecule has 1 atom stereocenters. The molecule has 0 saturated heterocycles. The summed E-state index contributed by atoms with van der Waals surface area (Å²) in [5, 5.41) is 0. The van der Waals surface area contributed by atoms with Gasteiger partial charge in [-0.05, 0) is 11.1 Å². The predicted octanol–water partition coefficient (Wildman–Crippen LogP) is 7.50. The summed E-state index contributed by atoms with van der Waals surface area (Å²) >= 11 is -2.29. The second-order valence-electron chi connectivity index (χ2n) is 11.4. The monoisotopic (exact) mass is 536 g/mol. The first-order valence-electron chi connectivity index (χ1n) is 13.0. The first-order chi connectivity index (χ1) is 15.8. The minimum atomic E-state index is -1.20. The van der Waals surface area contributed by atoms with Crippen LogP contribution < -0.4 is 3.80 Å². The molecule has 0 radical (unpaired) electrons. The van der Waals surface area contributed by atoms with Crippen molar-refractivity contribution in [3.05, 3.63) is 81.3 Å². The van der Waals surface area contributed by atoms with Crippen LogP contribution in [0.1, 0.15) is 47.0 Å². The standard InChI is InChI=1S/C12H10.C9H13.C7H10N.C2H7Ge.Ti/c1-3-7-11(8-4-1)12-9-5-2-6-10-12;1-6-5-7(2)9(4)8(6)3;8-7-1-4-5(2-7)6(4)3-7;1-3-2;/h1-10H;6H,1-4H3;4-6,8H,1-3H2;3H,1-2H3;/q;;-1;;+1. The second-order valence-corrected chi connectivity index (χ2v) is 33.1. The molecular weight excluding hydrogens is 495 g/mol. The molecule has 2 aromatic rings. The van der Waals surface area contributed by atoms with Gasteiger partial charge in [0.05, 0.1) is 0 Å². The number of nitrogens with one attached hydrogen (secondary N) is 1. The molecule has 0 aliphatic heterocycles. The third-order valence-electron chi connectivity index (χ3n) is 9.18. The fourth-order valence-electron chi connectivity index (χ4n) is 7.06. The minimum absolute atomic E-state index is 0.627. The topological polar surface area (TPSA) is 12.0 Å². The van der Waals surface area contributed by atoms with Gasteiger partial charge in [-0.3, -0.25) is 0 Å². The molecule has 5 aliphatic carbocycles. The van der Waals surface area contributed by atoms with Crippen molar-refractivity contribution in [1.29, 1.82) is 0 Å². The van der Waals surface area contributed by atoms with E-state index in [-0.39, 0.29) is 0 Å². The normalized spacial score (nSPS) is 31.2. The van der Waals surface area contributed by atoms with Crippen LogP contribution >= 0.6 is 0 Å². The molecule has 2 aromatic carbocycles. The van der Waals surface area contributed by atoms with Crippen molar-refractivity contribution < 1.29 is 15.9 Å². The van der Waals surface area contributed by atoms with Crippen LogP contribution in [0.2, 0.25) is 11.5 Å². The van der Waals surface area contributed by atoms with Crippen molar-refractivity contribution in [2.24, 2.45) is 23.7 Å². The summed E-state index contributed by atoms with van der Waals surface area (Å²) in [6.45, 7) is 9.65. The van der Waals surface area contributed by atoms with Crippen LogP contribution in [-0.4, -0.2) is 17.1 Å². The van der Waals surface area contributed by atoms with Gasteiger partial charge in [0.1, 0.15) is 0 Å². The van der Waals surface area contributed by atoms with Gasteiger partial charge in [0.2, 0.25) is 0 Å². The zero-order chi connectivity index (χ0) is 23.3.